The molecule has 0 unspecified atom stereocenters. The third kappa shape index (κ3) is 3.49. The fourth-order valence-corrected chi connectivity index (χ4v) is 2.64. The van der Waals surface area contributed by atoms with Crippen molar-refractivity contribution in [2.75, 3.05) is 18.0 Å². The zero-order valence-corrected chi connectivity index (χ0v) is 12.7. The molecule has 0 N–H and O–H groups in total. The van der Waals surface area contributed by atoms with Crippen LogP contribution in [-0.2, 0) is 11.3 Å². The lowest BCUT2D eigenvalue weighted by molar-refractivity contribution is 0.0473. The second kappa shape index (κ2) is 6.93. The van der Waals surface area contributed by atoms with E-state index in [2.05, 4.69) is 16.0 Å². The summed E-state index contributed by atoms with van der Waals surface area (Å²) in [6, 6.07) is 12.6. The van der Waals surface area contributed by atoms with Crippen LogP contribution in [0.25, 0.3) is 0 Å². The Labute approximate surface area is 135 Å². The molecule has 116 valence electrons. The van der Waals surface area contributed by atoms with Crippen molar-refractivity contribution in [3.63, 3.8) is 0 Å². The van der Waals surface area contributed by atoms with E-state index in [1.807, 2.05) is 0 Å². The zero-order chi connectivity index (χ0) is 16.1. The standard InChI is InChI=1S/C18H17N3O2/c19-12-14-5-7-15(8-6-14)13-23-18(22)16-4-3-9-20-17(16)21-10-1-2-11-21/h3-9H,1-2,10-11,13H2. The van der Waals surface area contributed by atoms with Gasteiger partial charge < -0.3 is 9.64 Å². The summed E-state index contributed by atoms with van der Waals surface area (Å²) in [7, 11) is 0. The number of aromatic nitrogens is 1. The van der Waals surface area contributed by atoms with Gasteiger partial charge in [0.05, 0.1) is 11.6 Å². The predicted molar refractivity (Wildman–Crippen MR) is 86.0 cm³/mol. The average Bonchev–Trinajstić information content (AvgIpc) is 3.14. The maximum absolute atomic E-state index is 12.4. The first-order chi connectivity index (χ1) is 11.3. The van der Waals surface area contributed by atoms with E-state index < -0.39 is 0 Å². The van der Waals surface area contributed by atoms with Crippen LogP contribution in [0.4, 0.5) is 5.82 Å². The number of rotatable bonds is 4. The summed E-state index contributed by atoms with van der Waals surface area (Å²) < 4.78 is 5.40. The minimum absolute atomic E-state index is 0.179. The van der Waals surface area contributed by atoms with Crippen LogP contribution in [0.15, 0.2) is 42.6 Å². The summed E-state index contributed by atoms with van der Waals surface area (Å²) in [6.07, 6.45) is 3.94. The number of ether oxygens (including phenoxy) is 1. The zero-order valence-electron chi connectivity index (χ0n) is 12.7. The molecular weight excluding hydrogens is 290 g/mol. The lowest BCUT2D eigenvalue weighted by atomic mass is 10.1. The number of carbonyl (C=O) groups is 1. The molecule has 2 heterocycles. The molecule has 1 aliphatic heterocycles. The van der Waals surface area contributed by atoms with Gasteiger partial charge in [0, 0.05) is 19.3 Å². The Balaban J connectivity index is 1.69. The van der Waals surface area contributed by atoms with Crippen LogP contribution in [0.5, 0.6) is 0 Å². The molecule has 3 rings (SSSR count). The van der Waals surface area contributed by atoms with Crippen molar-refractivity contribution in [1.82, 2.24) is 4.98 Å². The molecule has 5 heteroatoms. The van der Waals surface area contributed by atoms with E-state index in [0.717, 1.165) is 31.5 Å². The maximum Gasteiger partial charge on any atom is 0.342 e. The Kier molecular flexibility index (Phi) is 4.53. The van der Waals surface area contributed by atoms with Crippen LogP contribution in [-0.4, -0.2) is 24.0 Å². The van der Waals surface area contributed by atoms with Crippen LogP contribution in [0, 0.1) is 11.3 Å². The lowest BCUT2D eigenvalue weighted by Crippen LogP contribution is -2.22. The van der Waals surface area contributed by atoms with Crippen molar-refractivity contribution in [3.8, 4) is 6.07 Å². The Morgan fingerprint density at radius 3 is 2.65 bits per heavy atom. The molecule has 0 atom stereocenters. The average molecular weight is 307 g/mol. The SMILES string of the molecule is N#Cc1ccc(COC(=O)c2cccnc2N2CCCC2)cc1. The summed E-state index contributed by atoms with van der Waals surface area (Å²) in [4.78, 5) is 18.8. The minimum Gasteiger partial charge on any atom is -0.457 e. The van der Waals surface area contributed by atoms with Crippen LogP contribution >= 0.6 is 0 Å². The summed E-state index contributed by atoms with van der Waals surface area (Å²) in [5, 5.41) is 8.78. The van der Waals surface area contributed by atoms with E-state index in [1.165, 1.54) is 0 Å². The fourth-order valence-electron chi connectivity index (χ4n) is 2.64. The van der Waals surface area contributed by atoms with Crippen molar-refractivity contribution in [1.29, 1.82) is 5.26 Å². The minimum atomic E-state index is -0.371. The van der Waals surface area contributed by atoms with Gasteiger partial charge in [0.2, 0.25) is 0 Å². The van der Waals surface area contributed by atoms with Gasteiger partial charge in [-0.3, -0.25) is 0 Å². The van der Waals surface area contributed by atoms with Crippen molar-refractivity contribution >= 4 is 11.8 Å². The van der Waals surface area contributed by atoms with Crippen molar-refractivity contribution in [3.05, 3.63) is 59.3 Å². The maximum atomic E-state index is 12.4. The molecule has 0 aliphatic carbocycles. The largest absolute Gasteiger partial charge is 0.457 e. The van der Waals surface area contributed by atoms with E-state index >= 15 is 0 Å². The highest BCUT2D eigenvalue weighted by Crippen LogP contribution is 2.22. The number of pyridine rings is 1. The molecule has 1 saturated heterocycles. The lowest BCUT2D eigenvalue weighted by Gasteiger charge is -2.18. The highest BCUT2D eigenvalue weighted by atomic mass is 16.5. The summed E-state index contributed by atoms with van der Waals surface area (Å²) in [5.74, 6) is 0.333. The molecule has 2 aromatic rings. The van der Waals surface area contributed by atoms with E-state index in [0.29, 0.717) is 16.9 Å². The number of esters is 1. The Bertz CT molecular complexity index is 729. The van der Waals surface area contributed by atoms with E-state index in [-0.39, 0.29) is 12.6 Å². The predicted octanol–water partition coefficient (Wildman–Crippen LogP) is 2.91. The fraction of sp³-hybridized carbons (Fsp3) is 0.278. The van der Waals surface area contributed by atoms with Gasteiger partial charge >= 0.3 is 5.97 Å². The molecule has 0 saturated carbocycles. The smallest absolute Gasteiger partial charge is 0.342 e. The third-order valence-electron chi connectivity index (χ3n) is 3.87. The number of nitrogens with zero attached hydrogens (tertiary/aromatic N) is 3. The second-order valence-electron chi connectivity index (χ2n) is 5.45. The van der Waals surface area contributed by atoms with E-state index in [9.17, 15) is 4.79 Å². The summed E-state index contributed by atoms with van der Waals surface area (Å²) in [6.45, 7) is 2.03. The quantitative estimate of drug-likeness (QED) is 0.813. The Morgan fingerprint density at radius 2 is 1.96 bits per heavy atom. The first-order valence-electron chi connectivity index (χ1n) is 7.64. The first kappa shape index (κ1) is 15.0. The van der Waals surface area contributed by atoms with Gasteiger partial charge in [-0.1, -0.05) is 12.1 Å². The van der Waals surface area contributed by atoms with Crippen molar-refractivity contribution in [2.24, 2.45) is 0 Å². The Hall–Kier alpha value is -2.87. The second-order valence-corrected chi connectivity index (χ2v) is 5.45. The molecule has 1 aromatic heterocycles. The first-order valence-corrected chi connectivity index (χ1v) is 7.64. The van der Waals surface area contributed by atoms with Gasteiger partial charge in [0.15, 0.2) is 0 Å². The van der Waals surface area contributed by atoms with Gasteiger partial charge in [-0.25, -0.2) is 9.78 Å². The summed E-state index contributed by atoms with van der Waals surface area (Å²) in [5.41, 5.74) is 1.94. The number of carbonyl (C=O) groups excluding carboxylic acids is 1. The van der Waals surface area contributed by atoms with E-state index in [4.69, 9.17) is 10.00 Å². The van der Waals surface area contributed by atoms with E-state index in [1.54, 1.807) is 42.6 Å². The molecule has 1 aliphatic rings. The molecule has 0 amide bonds. The number of hydrogen-bond donors (Lipinski definition) is 0. The highest BCUT2D eigenvalue weighted by molar-refractivity contribution is 5.94. The van der Waals surface area contributed by atoms with Gasteiger partial charge in [-0.2, -0.15) is 5.26 Å². The molecule has 23 heavy (non-hydrogen) atoms. The molecule has 0 radical (unpaired) electrons. The van der Waals surface area contributed by atoms with Crippen LogP contribution in [0.3, 0.4) is 0 Å². The van der Waals surface area contributed by atoms with Crippen molar-refractivity contribution in [2.45, 2.75) is 19.4 Å². The number of anilines is 1. The molecule has 0 spiro atoms. The van der Waals surface area contributed by atoms with Crippen LogP contribution in [0.2, 0.25) is 0 Å². The van der Waals surface area contributed by atoms with Gasteiger partial charge in [-0.05, 0) is 42.7 Å². The monoisotopic (exact) mass is 307 g/mol. The number of hydrogen-bond acceptors (Lipinski definition) is 5. The third-order valence-corrected chi connectivity index (χ3v) is 3.87. The molecule has 1 fully saturated rings. The molecular formula is C18H17N3O2. The molecule has 5 nitrogen and oxygen atoms in total. The normalized spacial score (nSPS) is 13.6. The van der Waals surface area contributed by atoms with Crippen molar-refractivity contribution < 1.29 is 9.53 Å². The van der Waals surface area contributed by atoms with Crippen LogP contribution < -0.4 is 4.90 Å². The molecule has 0 bridgehead atoms. The van der Waals surface area contributed by atoms with Gasteiger partial charge in [-0.15, -0.1) is 0 Å². The van der Waals surface area contributed by atoms with Gasteiger partial charge in [0.25, 0.3) is 0 Å². The highest BCUT2D eigenvalue weighted by Gasteiger charge is 2.21. The Morgan fingerprint density at radius 1 is 1.22 bits per heavy atom. The summed E-state index contributed by atoms with van der Waals surface area (Å²) >= 11 is 0. The van der Waals surface area contributed by atoms with Crippen LogP contribution in [0.1, 0.15) is 34.3 Å². The van der Waals surface area contributed by atoms with Gasteiger partial charge in [0.1, 0.15) is 18.0 Å². The molecule has 1 aromatic carbocycles. The number of nitriles is 1. The topological polar surface area (TPSA) is 66.2 Å². The number of benzene rings is 1.